The van der Waals surface area contributed by atoms with Crippen molar-refractivity contribution in [3.8, 4) is 5.75 Å². The number of anilines is 1. The Balaban J connectivity index is 2.13. The lowest BCUT2D eigenvalue weighted by molar-refractivity contribution is -0.384. The van der Waals surface area contributed by atoms with Crippen molar-refractivity contribution in [3.05, 3.63) is 58.6 Å². The van der Waals surface area contributed by atoms with Crippen molar-refractivity contribution >= 4 is 21.4 Å². The van der Waals surface area contributed by atoms with Gasteiger partial charge in [0.2, 0.25) is 0 Å². The van der Waals surface area contributed by atoms with Crippen molar-refractivity contribution in [2.45, 2.75) is 24.7 Å². The van der Waals surface area contributed by atoms with Gasteiger partial charge in [-0.15, -0.1) is 0 Å². The first-order chi connectivity index (χ1) is 11.4. The molecule has 2 rings (SSSR count). The second-order valence-electron chi connectivity index (χ2n) is 5.09. The molecule has 0 spiro atoms. The fourth-order valence-corrected chi connectivity index (χ4v) is 2.99. The van der Waals surface area contributed by atoms with E-state index >= 15 is 0 Å². The van der Waals surface area contributed by atoms with Gasteiger partial charge in [0.05, 0.1) is 22.1 Å². The van der Waals surface area contributed by atoms with Gasteiger partial charge in [-0.3, -0.25) is 14.8 Å². The van der Waals surface area contributed by atoms with E-state index in [1.165, 1.54) is 12.1 Å². The summed E-state index contributed by atoms with van der Waals surface area (Å²) < 4.78 is 32.6. The molecule has 1 N–H and O–H groups in total. The van der Waals surface area contributed by atoms with Gasteiger partial charge in [-0.05, 0) is 30.7 Å². The van der Waals surface area contributed by atoms with Gasteiger partial charge in [-0.25, -0.2) is 8.42 Å². The molecule has 7 nitrogen and oxygen atoms in total. The Morgan fingerprint density at radius 2 is 1.88 bits per heavy atom. The van der Waals surface area contributed by atoms with Gasteiger partial charge in [0.25, 0.3) is 15.7 Å². The van der Waals surface area contributed by atoms with E-state index in [0.717, 1.165) is 25.0 Å². The molecule has 2 aromatic rings. The van der Waals surface area contributed by atoms with Crippen molar-refractivity contribution in [2.75, 3.05) is 11.3 Å². The first-order valence-electron chi connectivity index (χ1n) is 7.42. The van der Waals surface area contributed by atoms with E-state index in [9.17, 15) is 18.5 Å². The average molecular weight is 350 g/mol. The largest absolute Gasteiger partial charge is 0.494 e. The van der Waals surface area contributed by atoms with E-state index in [2.05, 4.69) is 11.6 Å². The molecular weight excluding hydrogens is 332 g/mol. The maximum Gasteiger partial charge on any atom is 0.269 e. The van der Waals surface area contributed by atoms with E-state index in [-0.39, 0.29) is 10.6 Å². The average Bonchev–Trinajstić information content (AvgIpc) is 2.55. The van der Waals surface area contributed by atoms with E-state index in [0.29, 0.717) is 18.0 Å². The van der Waals surface area contributed by atoms with Crippen molar-refractivity contribution in [1.29, 1.82) is 0 Å². The highest BCUT2D eigenvalue weighted by Gasteiger charge is 2.16. The van der Waals surface area contributed by atoms with Crippen LogP contribution in [0.25, 0.3) is 0 Å². The van der Waals surface area contributed by atoms with E-state index in [1.807, 2.05) is 0 Å². The minimum Gasteiger partial charge on any atom is -0.494 e. The predicted molar refractivity (Wildman–Crippen MR) is 90.7 cm³/mol. The molecule has 0 atom stereocenters. The number of sulfonamides is 1. The zero-order valence-corrected chi connectivity index (χ0v) is 14.0. The lowest BCUT2D eigenvalue weighted by atomic mass is 10.3. The molecule has 0 aromatic heterocycles. The van der Waals surface area contributed by atoms with Crippen LogP contribution in [0.5, 0.6) is 5.75 Å². The number of nitrogens with zero attached hydrogens (tertiary/aromatic N) is 1. The van der Waals surface area contributed by atoms with Crippen LogP contribution in [0.4, 0.5) is 11.4 Å². The van der Waals surface area contributed by atoms with Crippen LogP contribution in [-0.2, 0) is 10.0 Å². The number of nitrogens with one attached hydrogen (secondary N) is 1. The van der Waals surface area contributed by atoms with Crippen LogP contribution in [0, 0.1) is 10.1 Å². The van der Waals surface area contributed by atoms with Crippen LogP contribution >= 0.6 is 0 Å². The molecule has 0 saturated carbocycles. The highest BCUT2D eigenvalue weighted by atomic mass is 32.2. The smallest absolute Gasteiger partial charge is 0.269 e. The quantitative estimate of drug-likeness (QED) is 0.446. The molecular formula is C16H18N2O5S. The van der Waals surface area contributed by atoms with Gasteiger partial charge in [0.15, 0.2) is 0 Å². The summed E-state index contributed by atoms with van der Waals surface area (Å²) >= 11 is 0. The molecule has 0 fully saturated rings. The monoisotopic (exact) mass is 350 g/mol. The Hall–Kier alpha value is -2.61. The van der Waals surface area contributed by atoms with Crippen molar-refractivity contribution in [3.63, 3.8) is 0 Å². The highest BCUT2D eigenvalue weighted by molar-refractivity contribution is 7.92. The molecule has 0 unspecified atom stereocenters. The summed E-state index contributed by atoms with van der Waals surface area (Å²) in [5.74, 6) is 0.576. The maximum absolute atomic E-state index is 12.3. The number of nitro benzene ring substituents is 1. The van der Waals surface area contributed by atoms with Gasteiger partial charge >= 0.3 is 0 Å². The molecule has 0 bridgehead atoms. The van der Waals surface area contributed by atoms with Crippen LogP contribution in [-0.4, -0.2) is 19.9 Å². The third kappa shape index (κ3) is 4.69. The molecule has 0 amide bonds. The Morgan fingerprint density at radius 3 is 2.50 bits per heavy atom. The summed E-state index contributed by atoms with van der Waals surface area (Å²) in [6.45, 7) is 2.62. The molecule has 24 heavy (non-hydrogen) atoms. The molecule has 0 radical (unpaired) electrons. The first-order valence-corrected chi connectivity index (χ1v) is 8.91. The number of ether oxygens (including phenoxy) is 1. The number of hydrogen-bond acceptors (Lipinski definition) is 5. The van der Waals surface area contributed by atoms with Crippen molar-refractivity contribution in [2.24, 2.45) is 0 Å². The summed E-state index contributed by atoms with van der Waals surface area (Å²) in [6.07, 6.45) is 1.92. The summed E-state index contributed by atoms with van der Waals surface area (Å²) in [5, 5.41) is 10.6. The number of nitro groups is 1. The molecule has 0 aliphatic rings. The lowest BCUT2D eigenvalue weighted by Crippen LogP contribution is -2.13. The second kappa shape index (κ2) is 7.78. The fourth-order valence-electron chi connectivity index (χ4n) is 1.94. The first kappa shape index (κ1) is 17.7. The minimum atomic E-state index is -3.83. The molecule has 0 aliphatic carbocycles. The summed E-state index contributed by atoms with van der Waals surface area (Å²) in [6, 6.07) is 11.3. The molecule has 128 valence electrons. The highest BCUT2D eigenvalue weighted by Crippen LogP contribution is 2.22. The normalized spacial score (nSPS) is 11.0. The van der Waals surface area contributed by atoms with Gasteiger partial charge < -0.3 is 4.74 Å². The number of unbranched alkanes of at least 4 members (excludes halogenated alkanes) is 1. The zero-order chi connectivity index (χ0) is 17.6. The van der Waals surface area contributed by atoms with Gasteiger partial charge in [-0.1, -0.05) is 19.4 Å². The lowest BCUT2D eigenvalue weighted by Gasteiger charge is -2.10. The topological polar surface area (TPSA) is 98.5 Å². The Kier molecular flexibility index (Phi) is 5.75. The van der Waals surface area contributed by atoms with Crippen LogP contribution in [0.15, 0.2) is 53.4 Å². The predicted octanol–water partition coefficient (Wildman–Crippen LogP) is 3.57. The maximum atomic E-state index is 12.3. The molecule has 0 aliphatic heterocycles. The molecule has 2 aromatic carbocycles. The number of rotatable bonds is 8. The standard InChI is InChI=1S/C16H18N2O5S/c1-2-3-11-23-15-6-4-5-13(12-15)17-24(21,22)16-9-7-14(8-10-16)18(19)20/h4-10,12,17H,2-3,11H2,1H3. The van der Waals surface area contributed by atoms with E-state index < -0.39 is 14.9 Å². The van der Waals surface area contributed by atoms with Crippen molar-refractivity contribution < 1.29 is 18.1 Å². The van der Waals surface area contributed by atoms with E-state index in [1.54, 1.807) is 24.3 Å². The zero-order valence-electron chi connectivity index (χ0n) is 13.1. The minimum absolute atomic E-state index is 0.0506. The fraction of sp³-hybridized carbons (Fsp3) is 0.250. The van der Waals surface area contributed by atoms with Crippen LogP contribution in [0.3, 0.4) is 0 Å². The number of hydrogen-bond donors (Lipinski definition) is 1. The van der Waals surface area contributed by atoms with Gasteiger partial charge in [0.1, 0.15) is 5.75 Å². The van der Waals surface area contributed by atoms with Crippen LogP contribution in [0.2, 0.25) is 0 Å². The Morgan fingerprint density at radius 1 is 1.17 bits per heavy atom. The van der Waals surface area contributed by atoms with Crippen LogP contribution in [0.1, 0.15) is 19.8 Å². The third-order valence-corrected chi connectivity index (χ3v) is 4.61. The molecule has 0 saturated heterocycles. The van der Waals surface area contributed by atoms with Gasteiger partial charge in [0, 0.05) is 18.2 Å². The summed E-state index contributed by atoms with van der Waals surface area (Å²) in [4.78, 5) is 9.99. The molecule has 0 heterocycles. The third-order valence-electron chi connectivity index (χ3n) is 3.21. The Labute approximate surface area is 140 Å². The van der Waals surface area contributed by atoms with Crippen LogP contribution < -0.4 is 9.46 Å². The molecule has 8 heteroatoms. The van der Waals surface area contributed by atoms with Gasteiger partial charge in [-0.2, -0.15) is 0 Å². The number of non-ortho nitro benzene ring substituents is 1. The number of benzene rings is 2. The summed E-state index contributed by atoms with van der Waals surface area (Å²) in [5.41, 5.74) is 0.197. The second-order valence-corrected chi connectivity index (χ2v) is 6.77. The van der Waals surface area contributed by atoms with E-state index in [4.69, 9.17) is 4.74 Å². The Bertz CT molecular complexity index is 803. The SMILES string of the molecule is CCCCOc1cccc(NS(=O)(=O)c2ccc([N+](=O)[O-])cc2)c1. The van der Waals surface area contributed by atoms with Crippen molar-refractivity contribution in [1.82, 2.24) is 0 Å². The summed E-state index contributed by atoms with van der Waals surface area (Å²) in [7, 11) is -3.83.